The van der Waals surface area contributed by atoms with E-state index >= 15 is 0 Å². The minimum atomic E-state index is -0.389. The van der Waals surface area contributed by atoms with Crippen LogP contribution in [0.3, 0.4) is 0 Å². The highest BCUT2D eigenvalue weighted by Gasteiger charge is 2.42. The lowest BCUT2D eigenvalue weighted by atomic mass is 10.0. The van der Waals surface area contributed by atoms with E-state index in [2.05, 4.69) is 5.32 Å². The highest BCUT2D eigenvalue weighted by atomic mass is 16.5. The molecule has 118 valence electrons. The van der Waals surface area contributed by atoms with Crippen LogP contribution in [0.4, 0.5) is 5.69 Å². The number of nitrogens with zero attached hydrogens (tertiary/aromatic N) is 1. The molecule has 1 aliphatic carbocycles. The number of aromatic hydroxyl groups is 1. The number of phenolic OH excluding ortho intramolecular Hbond substituents is 1. The molecular weight excluding hydrogens is 292 g/mol. The van der Waals surface area contributed by atoms with Gasteiger partial charge in [-0.25, -0.2) is 0 Å². The van der Waals surface area contributed by atoms with Gasteiger partial charge in [-0.3, -0.25) is 4.79 Å². The number of hydrogen-bond donors (Lipinski definition) is 2. The fourth-order valence-electron chi connectivity index (χ4n) is 3.15. The molecule has 0 radical (unpaired) electrons. The zero-order chi connectivity index (χ0) is 16.0. The Labute approximate surface area is 134 Å². The molecule has 1 atom stereocenters. The second-order valence-electron chi connectivity index (χ2n) is 5.93. The van der Waals surface area contributed by atoms with Crippen LogP contribution in [0.25, 0.3) is 0 Å². The normalized spacial score (nSPS) is 20.0. The first-order chi connectivity index (χ1) is 11.2. The predicted molar refractivity (Wildman–Crippen MR) is 86.7 cm³/mol. The Hall–Kier alpha value is -2.69. The van der Waals surface area contributed by atoms with Crippen LogP contribution in [-0.4, -0.2) is 29.1 Å². The lowest BCUT2D eigenvalue weighted by Gasteiger charge is -2.38. The lowest BCUT2D eigenvalue weighted by Crippen LogP contribution is -2.44. The number of anilines is 1. The van der Waals surface area contributed by atoms with Crippen molar-refractivity contribution in [3.8, 4) is 11.5 Å². The first-order valence-corrected chi connectivity index (χ1v) is 7.75. The number of para-hydroxylation sites is 2. The summed E-state index contributed by atoms with van der Waals surface area (Å²) in [5, 5.41) is 13.9. The Bertz CT molecular complexity index is 771. The molecule has 23 heavy (non-hydrogen) atoms. The summed E-state index contributed by atoms with van der Waals surface area (Å²) < 4.78 is 5.20. The SMILES string of the molecule is COc1cccc([C@@H]2Nc3ccccc3C(=O)N2C2CC2)c1O. The van der Waals surface area contributed by atoms with Crippen LogP contribution in [0.5, 0.6) is 11.5 Å². The van der Waals surface area contributed by atoms with Gasteiger partial charge >= 0.3 is 0 Å². The van der Waals surface area contributed by atoms with Crippen LogP contribution in [0.2, 0.25) is 0 Å². The van der Waals surface area contributed by atoms with Gasteiger partial charge in [-0.1, -0.05) is 24.3 Å². The maximum absolute atomic E-state index is 12.9. The summed E-state index contributed by atoms with van der Waals surface area (Å²) in [5.41, 5.74) is 2.12. The van der Waals surface area contributed by atoms with E-state index in [1.165, 1.54) is 7.11 Å². The van der Waals surface area contributed by atoms with E-state index in [4.69, 9.17) is 4.74 Å². The lowest BCUT2D eigenvalue weighted by molar-refractivity contribution is 0.0664. The quantitative estimate of drug-likeness (QED) is 0.914. The third kappa shape index (κ3) is 2.20. The summed E-state index contributed by atoms with van der Waals surface area (Å²) in [6.45, 7) is 0. The molecule has 1 heterocycles. The molecule has 1 fully saturated rings. The number of carbonyl (C=O) groups is 1. The summed E-state index contributed by atoms with van der Waals surface area (Å²) in [7, 11) is 1.52. The van der Waals surface area contributed by atoms with Crippen LogP contribution in [-0.2, 0) is 0 Å². The van der Waals surface area contributed by atoms with Gasteiger partial charge in [-0.2, -0.15) is 0 Å². The minimum absolute atomic E-state index is 0.00840. The minimum Gasteiger partial charge on any atom is -0.504 e. The van der Waals surface area contributed by atoms with Crippen LogP contribution in [0.15, 0.2) is 42.5 Å². The van der Waals surface area contributed by atoms with Gasteiger partial charge in [0.2, 0.25) is 0 Å². The Balaban J connectivity index is 1.82. The Kier molecular flexibility index (Phi) is 3.15. The molecule has 5 nitrogen and oxygen atoms in total. The van der Waals surface area contributed by atoms with Gasteiger partial charge in [0.15, 0.2) is 11.5 Å². The van der Waals surface area contributed by atoms with E-state index in [-0.39, 0.29) is 23.9 Å². The largest absolute Gasteiger partial charge is 0.504 e. The van der Waals surface area contributed by atoms with E-state index in [0.29, 0.717) is 16.9 Å². The summed E-state index contributed by atoms with van der Waals surface area (Å²) in [6.07, 6.45) is 1.60. The molecule has 0 aromatic heterocycles. The molecule has 4 rings (SSSR count). The third-order valence-corrected chi connectivity index (χ3v) is 4.45. The van der Waals surface area contributed by atoms with E-state index in [9.17, 15) is 9.90 Å². The summed E-state index contributed by atoms with van der Waals surface area (Å²) in [6, 6.07) is 13.1. The molecule has 1 amide bonds. The summed E-state index contributed by atoms with van der Waals surface area (Å²) in [4.78, 5) is 14.8. The zero-order valence-corrected chi connectivity index (χ0v) is 12.8. The van der Waals surface area contributed by atoms with Crippen molar-refractivity contribution in [3.63, 3.8) is 0 Å². The predicted octanol–water partition coefficient (Wildman–Crippen LogP) is 3.13. The number of rotatable bonds is 3. The fourth-order valence-corrected chi connectivity index (χ4v) is 3.15. The van der Waals surface area contributed by atoms with Crippen molar-refractivity contribution in [2.24, 2.45) is 0 Å². The molecule has 2 aliphatic rings. The van der Waals surface area contributed by atoms with E-state index < -0.39 is 0 Å². The molecule has 1 saturated carbocycles. The first kappa shape index (κ1) is 13.9. The number of benzene rings is 2. The standard InChI is InChI=1S/C18H18N2O3/c1-23-15-8-4-6-13(16(15)21)17-19-14-7-3-2-5-12(14)18(22)20(17)11-9-10-11/h2-8,11,17,19,21H,9-10H2,1H3/t17-/m1/s1. The van der Waals surface area contributed by atoms with Gasteiger partial charge in [-0.05, 0) is 31.0 Å². The third-order valence-electron chi connectivity index (χ3n) is 4.45. The van der Waals surface area contributed by atoms with E-state index in [0.717, 1.165) is 18.5 Å². The van der Waals surface area contributed by atoms with Gasteiger partial charge in [0.25, 0.3) is 5.91 Å². The Morgan fingerprint density at radius 3 is 2.70 bits per heavy atom. The molecule has 2 aromatic carbocycles. The van der Waals surface area contributed by atoms with Crippen molar-refractivity contribution in [1.82, 2.24) is 4.90 Å². The highest BCUT2D eigenvalue weighted by Crippen LogP contribution is 2.44. The van der Waals surface area contributed by atoms with Crippen LogP contribution in [0, 0.1) is 0 Å². The number of carbonyl (C=O) groups excluding carboxylic acids is 1. The maximum atomic E-state index is 12.9. The van der Waals surface area contributed by atoms with Gasteiger partial charge in [0.05, 0.1) is 12.7 Å². The van der Waals surface area contributed by atoms with Crippen LogP contribution < -0.4 is 10.1 Å². The topological polar surface area (TPSA) is 61.8 Å². The van der Waals surface area contributed by atoms with Crippen molar-refractivity contribution < 1.29 is 14.6 Å². The number of hydrogen-bond acceptors (Lipinski definition) is 4. The van der Waals surface area contributed by atoms with Crippen LogP contribution >= 0.6 is 0 Å². The van der Waals surface area contributed by atoms with Crippen molar-refractivity contribution in [2.45, 2.75) is 25.0 Å². The number of methoxy groups -OCH3 is 1. The average Bonchev–Trinajstić information content (AvgIpc) is 3.40. The molecule has 5 heteroatoms. The second kappa shape index (κ2) is 5.19. The van der Waals surface area contributed by atoms with Crippen molar-refractivity contribution in [2.75, 3.05) is 12.4 Å². The monoisotopic (exact) mass is 310 g/mol. The number of fused-ring (bicyclic) bond motifs is 1. The second-order valence-corrected chi connectivity index (χ2v) is 5.93. The Morgan fingerprint density at radius 2 is 1.96 bits per heavy atom. The van der Waals surface area contributed by atoms with Gasteiger partial charge in [-0.15, -0.1) is 0 Å². The molecule has 0 spiro atoms. The molecule has 2 aromatic rings. The molecule has 0 bridgehead atoms. The number of ether oxygens (including phenoxy) is 1. The number of nitrogens with one attached hydrogen (secondary N) is 1. The number of amides is 1. The van der Waals surface area contributed by atoms with Gasteiger partial charge < -0.3 is 20.1 Å². The van der Waals surface area contributed by atoms with Gasteiger partial charge in [0.1, 0.15) is 6.17 Å². The molecule has 2 N–H and O–H groups in total. The van der Waals surface area contributed by atoms with Gasteiger partial charge in [0, 0.05) is 17.3 Å². The number of phenols is 1. The van der Waals surface area contributed by atoms with Crippen molar-refractivity contribution in [3.05, 3.63) is 53.6 Å². The summed E-state index contributed by atoms with van der Waals surface area (Å²) >= 11 is 0. The van der Waals surface area contributed by atoms with Crippen molar-refractivity contribution in [1.29, 1.82) is 0 Å². The van der Waals surface area contributed by atoms with Crippen molar-refractivity contribution >= 4 is 11.6 Å². The molecule has 0 unspecified atom stereocenters. The highest BCUT2D eigenvalue weighted by molar-refractivity contribution is 6.02. The zero-order valence-electron chi connectivity index (χ0n) is 12.8. The maximum Gasteiger partial charge on any atom is 0.258 e. The van der Waals surface area contributed by atoms with E-state index in [1.54, 1.807) is 6.07 Å². The molecule has 0 saturated heterocycles. The first-order valence-electron chi connectivity index (χ1n) is 7.75. The average molecular weight is 310 g/mol. The fraction of sp³-hybridized carbons (Fsp3) is 0.278. The molecular formula is C18H18N2O3. The summed E-state index contributed by atoms with van der Waals surface area (Å²) in [5.74, 6) is 0.491. The smallest absolute Gasteiger partial charge is 0.258 e. The molecule has 1 aliphatic heterocycles. The van der Waals surface area contributed by atoms with Crippen LogP contribution in [0.1, 0.15) is 34.9 Å². The van der Waals surface area contributed by atoms with E-state index in [1.807, 2.05) is 41.3 Å². The Morgan fingerprint density at radius 1 is 1.17 bits per heavy atom.